The van der Waals surface area contributed by atoms with E-state index in [0.717, 1.165) is 0 Å². The van der Waals surface area contributed by atoms with E-state index >= 15 is 0 Å². The minimum Gasteiger partial charge on any atom is -0.399 e. The van der Waals surface area contributed by atoms with Crippen LogP contribution >= 0.6 is 0 Å². The molecule has 4 aromatic carbocycles. The van der Waals surface area contributed by atoms with Gasteiger partial charge in [-0.15, -0.1) is 0 Å². The van der Waals surface area contributed by atoms with Crippen LogP contribution in [-0.4, -0.2) is 11.6 Å². The van der Waals surface area contributed by atoms with Crippen LogP contribution in [0.4, 0.5) is 11.4 Å². The minimum atomic E-state index is -0.0434. The highest BCUT2D eigenvalue weighted by molar-refractivity contribution is 6.09. The van der Waals surface area contributed by atoms with E-state index in [0.29, 0.717) is 33.6 Å². The van der Waals surface area contributed by atoms with Gasteiger partial charge in [0.1, 0.15) is 0 Å². The molecule has 0 saturated carbocycles. The Morgan fingerprint density at radius 1 is 0.594 bits per heavy atom. The molecule has 4 aromatic rings. The Balaban J connectivity index is 0.000000182. The summed E-state index contributed by atoms with van der Waals surface area (Å²) in [7, 11) is 0. The number of carbonyl (C=O) groups is 2. The summed E-state index contributed by atoms with van der Waals surface area (Å²) in [6.07, 6.45) is 0. The number of hydrogen-bond acceptors (Lipinski definition) is 4. The number of rotatable bonds is 5. The van der Waals surface area contributed by atoms with Crippen LogP contribution in [0.5, 0.6) is 0 Å². The lowest BCUT2D eigenvalue weighted by Gasteiger charge is -2.00. The molecule has 0 aromatic heterocycles. The van der Waals surface area contributed by atoms with Crippen molar-refractivity contribution in [3.8, 4) is 0 Å². The van der Waals surface area contributed by atoms with E-state index in [2.05, 4.69) is 10.0 Å². The zero-order valence-electron chi connectivity index (χ0n) is 17.1. The number of carbonyl (C=O) groups excluding carboxylic acids is 2. The maximum atomic E-state index is 12.0. The Kier molecular flexibility index (Phi) is 7.52. The molecule has 0 aliphatic rings. The number of ketones is 2. The summed E-state index contributed by atoms with van der Waals surface area (Å²) < 4.78 is 0. The summed E-state index contributed by atoms with van der Waals surface area (Å²) in [5.74, 6) is -0.0197. The Hall–Kier alpha value is -4.67. The largest absolute Gasteiger partial charge is 0.399 e. The van der Waals surface area contributed by atoms with Gasteiger partial charge in [0.15, 0.2) is 11.6 Å². The van der Waals surface area contributed by atoms with Crippen LogP contribution in [0.1, 0.15) is 31.8 Å². The second-order valence-electron chi connectivity index (χ2n) is 6.75. The SMILES string of the molecule is Nc1ccc(C(=O)c2ccccc2)cc1.[N-]=[N+]=Nc1ccc(C(=O)c2ccccc2)cc1. The molecule has 4 rings (SSSR count). The number of nitrogens with two attached hydrogens (primary N) is 1. The second-order valence-corrected chi connectivity index (χ2v) is 6.75. The molecule has 156 valence electrons. The Morgan fingerprint density at radius 2 is 0.969 bits per heavy atom. The summed E-state index contributed by atoms with van der Waals surface area (Å²) in [6, 6.07) is 31.7. The molecule has 0 aliphatic heterocycles. The van der Waals surface area contributed by atoms with Crippen molar-refractivity contribution in [1.82, 2.24) is 0 Å². The average molecular weight is 420 g/mol. The second kappa shape index (κ2) is 10.9. The first-order valence-corrected chi connectivity index (χ1v) is 9.78. The van der Waals surface area contributed by atoms with Gasteiger partial charge in [0, 0.05) is 38.5 Å². The van der Waals surface area contributed by atoms with Crippen molar-refractivity contribution in [1.29, 1.82) is 0 Å². The van der Waals surface area contributed by atoms with Crippen LogP contribution in [0.25, 0.3) is 10.4 Å². The third-order valence-electron chi connectivity index (χ3n) is 4.53. The lowest BCUT2D eigenvalue weighted by molar-refractivity contribution is 0.103. The Morgan fingerprint density at radius 3 is 1.38 bits per heavy atom. The fourth-order valence-electron chi connectivity index (χ4n) is 2.88. The van der Waals surface area contributed by atoms with Gasteiger partial charge < -0.3 is 5.73 Å². The number of benzene rings is 4. The van der Waals surface area contributed by atoms with Crippen molar-refractivity contribution < 1.29 is 9.59 Å². The Bertz CT molecular complexity index is 1230. The highest BCUT2D eigenvalue weighted by Gasteiger charge is 2.08. The molecule has 0 radical (unpaired) electrons. The molecule has 0 fully saturated rings. The molecule has 0 saturated heterocycles. The summed E-state index contributed by atoms with van der Waals surface area (Å²) in [5, 5.41) is 3.45. The van der Waals surface area contributed by atoms with Crippen molar-refractivity contribution in [2.24, 2.45) is 5.11 Å². The van der Waals surface area contributed by atoms with Crippen LogP contribution in [0.3, 0.4) is 0 Å². The van der Waals surface area contributed by atoms with E-state index in [-0.39, 0.29) is 11.6 Å². The maximum Gasteiger partial charge on any atom is 0.193 e. The number of hydrogen-bond donors (Lipinski definition) is 1. The summed E-state index contributed by atoms with van der Waals surface area (Å²) >= 11 is 0. The van der Waals surface area contributed by atoms with Crippen molar-refractivity contribution in [3.63, 3.8) is 0 Å². The van der Waals surface area contributed by atoms with Gasteiger partial charge in [-0.1, -0.05) is 90.0 Å². The van der Waals surface area contributed by atoms with E-state index in [1.807, 2.05) is 36.4 Å². The van der Waals surface area contributed by atoms with Crippen LogP contribution in [0, 0.1) is 0 Å². The molecule has 0 heterocycles. The predicted molar refractivity (Wildman–Crippen MR) is 126 cm³/mol. The molecule has 0 unspecified atom stereocenters. The number of anilines is 1. The quantitative estimate of drug-likeness (QED) is 0.133. The normalized spacial score (nSPS) is 9.62. The summed E-state index contributed by atoms with van der Waals surface area (Å²) in [6.45, 7) is 0. The van der Waals surface area contributed by atoms with Gasteiger partial charge in [-0.05, 0) is 29.8 Å². The van der Waals surface area contributed by atoms with E-state index in [1.54, 1.807) is 72.8 Å². The molecule has 0 atom stereocenters. The van der Waals surface area contributed by atoms with Gasteiger partial charge in [0.05, 0.1) is 0 Å². The van der Waals surface area contributed by atoms with E-state index in [1.165, 1.54) is 0 Å². The van der Waals surface area contributed by atoms with Crippen LogP contribution in [0.15, 0.2) is 114 Å². The number of azide groups is 1. The molecule has 2 N–H and O–H groups in total. The third-order valence-corrected chi connectivity index (χ3v) is 4.53. The summed E-state index contributed by atoms with van der Waals surface area (Å²) in [5.41, 5.74) is 17.6. The van der Waals surface area contributed by atoms with E-state index in [4.69, 9.17) is 11.3 Å². The van der Waals surface area contributed by atoms with Crippen LogP contribution in [0.2, 0.25) is 0 Å². The van der Waals surface area contributed by atoms with Crippen molar-refractivity contribution in [2.45, 2.75) is 0 Å². The fraction of sp³-hybridized carbons (Fsp3) is 0. The van der Waals surface area contributed by atoms with Gasteiger partial charge in [0.25, 0.3) is 0 Å². The predicted octanol–water partition coefficient (Wildman–Crippen LogP) is 6.36. The van der Waals surface area contributed by atoms with Gasteiger partial charge in [0.2, 0.25) is 0 Å². The van der Waals surface area contributed by atoms with Crippen molar-refractivity contribution in [2.75, 3.05) is 5.73 Å². The third kappa shape index (κ3) is 5.92. The molecule has 32 heavy (non-hydrogen) atoms. The Labute approximate surface area is 185 Å². The molecule has 6 nitrogen and oxygen atoms in total. The highest BCUT2D eigenvalue weighted by atomic mass is 16.1. The fourth-order valence-corrected chi connectivity index (χ4v) is 2.88. The first kappa shape index (κ1) is 22.0. The van der Waals surface area contributed by atoms with Crippen molar-refractivity contribution >= 4 is 22.9 Å². The lowest BCUT2D eigenvalue weighted by Crippen LogP contribution is -2.00. The van der Waals surface area contributed by atoms with Gasteiger partial charge in [-0.25, -0.2) is 0 Å². The molecule has 6 heteroatoms. The zero-order valence-corrected chi connectivity index (χ0v) is 17.1. The van der Waals surface area contributed by atoms with Crippen LogP contribution in [-0.2, 0) is 0 Å². The maximum absolute atomic E-state index is 12.0. The van der Waals surface area contributed by atoms with Gasteiger partial charge >= 0.3 is 0 Å². The molecule has 0 aliphatic carbocycles. The van der Waals surface area contributed by atoms with E-state index in [9.17, 15) is 9.59 Å². The standard InChI is InChI=1S/C13H9N3O.C13H11NO/c14-16-15-12-8-6-11(7-9-12)13(17)10-4-2-1-3-5-10;14-12-8-6-11(7-9-12)13(15)10-4-2-1-3-5-10/h1-9H;1-9H,14H2. The monoisotopic (exact) mass is 420 g/mol. The van der Waals surface area contributed by atoms with Gasteiger partial charge in [-0.3, -0.25) is 9.59 Å². The first-order chi connectivity index (χ1) is 15.6. The highest BCUT2D eigenvalue weighted by Crippen LogP contribution is 2.16. The molecule has 0 bridgehead atoms. The average Bonchev–Trinajstić information content (AvgIpc) is 2.86. The van der Waals surface area contributed by atoms with Crippen molar-refractivity contribution in [3.05, 3.63) is 142 Å². The number of nitrogen functional groups attached to an aromatic ring is 1. The number of nitrogens with zero attached hydrogens (tertiary/aromatic N) is 3. The molecular formula is C26H20N4O2. The van der Waals surface area contributed by atoms with Gasteiger partial charge in [-0.2, -0.15) is 0 Å². The molecule has 0 amide bonds. The lowest BCUT2D eigenvalue weighted by atomic mass is 10.0. The zero-order chi connectivity index (χ0) is 22.8. The molecular weight excluding hydrogens is 400 g/mol. The minimum absolute atomic E-state index is 0.0237. The smallest absolute Gasteiger partial charge is 0.193 e. The van der Waals surface area contributed by atoms with Crippen LogP contribution < -0.4 is 5.73 Å². The first-order valence-electron chi connectivity index (χ1n) is 9.78. The molecule has 0 spiro atoms. The topological polar surface area (TPSA) is 109 Å². The summed E-state index contributed by atoms with van der Waals surface area (Å²) in [4.78, 5) is 26.6. The van der Waals surface area contributed by atoms with E-state index < -0.39 is 0 Å².